The molecule has 0 N–H and O–H groups in total. The molecule has 1 saturated heterocycles. The minimum atomic E-state index is -0.541. The maximum Gasteiger partial charge on any atom is 0.237 e. The van der Waals surface area contributed by atoms with Gasteiger partial charge in [-0.2, -0.15) is 0 Å². The van der Waals surface area contributed by atoms with Crippen LogP contribution >= 0.6 is 0 Å². The molecule has 1 aliphatic carbocycles. The van der Waals surface area contributed by atoms with Crippen molar-refractivity contribution >= 4 is 29.6 Å². The summed E-state index contributed by atoms with van der Waals surface area (Å²) in [5.41, 5.74) is 6.10. The number of aromatic nitrogens is 1. The predicted molar refractivity (Wildman–Crippen MR) is 200 cm³/mol. The zero-order valence-corrected chi connectivity index (χ0v) is 29.8. The van der Waals surface area contributed by atoms with Gasteiger partial charge in [-0.05, 0) is 74.6 Å². The van der Waals surface area contributed by atoms with Gasteiger partial charge in [-0.25, -0.2) is 9.98 Å². The van der Waals surface area contributed by atoms with Gasteiger partial charge in [-0.1, -0.05) is 89.7 Å². The number of hydrogen-bond donors (Lipinski definition) is 0. The Morgan fingerprint density at radius 3 is 2.65 bits per heavy atom. The van der Waals surface area contributed by atoms with Crippen molar-refractivity contribution in [2.24, 2.45) is 22.2 Å². The number of allylic oxidation sites excluding steroid dienone is 1. The summed E-state index contributed by atoms with van der Waals surface area (Å²) < 4.78 is 5.37. The van der Waals surface area contributed by atoms with Gasteiger partial charge in [-0.3, -0.25) is 4.79 Å². The molecule has 48 heavy (non-hydrogen) atoms. The summed E-state index contributed by atoms with van der Waals surface area (Å²) >= 11 is 0. The highest BCUT2D eigenvalue weighted by molar-refractivity contribution is 6.09. The predicted octanol–water partition coefficient (Wildman–Crippen LogP) is 9.79. The number of benzene rings is 1. The molecule has 5 rings (SSSR count). The van der Waals surface area contributed by atoms with E-state index in [9.17, 15) is 4.79 Å². The molecule has 2 aromatic rings. The van der Waals surface area contributed by atoms with Crippen molar-refractivity contribution in [2.75, 3.05) is 18.1 Å². The molecule has 1 unspecified atom stereocenters. The summed E-state index contributed by atoms with van der Waals surface area (Å²) in [6.45, 7) is 16.6. The van der Waals surface area contributed by atoms with E-state index in [4.69, 9.17) is 16.1 Å². The first-order valence-electron chi connectivity index (χ1n) is 18.0. The lowest BCUT2D eigenvalue weighted by Crippen LogP contribution is -2.50. The van der Waals surface area contributed by atoms with Gasteiger partial charge in [0.2, 0.25) is 5.91 Å². The third-order valence-electron chi connectivity index (χ3n) is 10.5. The summed E-state index contributed by atoms with van der Waals surface area (Å²) in [5.74, 6) is 10.7. The van der Waals surface area contributed by atoms with Crippen molar-refractivity contribution < 1.29 is 9.53 Å². The average molecular weight is 644 g/mol. The van der Waals surface area contributed by atoms with E-state index in [1.807, 2.05) is 13.0 Å². The molecule has 5 heteroatoms. The molecule has 1 aromatic heterocycles. The van der Waals surface area contributed by atoms with Crippen LogP contribution in [-0.2, 0) is 14.9 Å². The number of anilines is 1. The minimum absolute atomic E-state index is 0.145. The summed E-state index contributed by atoms with van der Waals surface area (Å²) in [6, 6.07) is 8.64. The normalized spacial score (nSPS) is 22.2. The van der Waals surface area contributed by atoms with Gasteiger partial charge >= 0.3 is 0 Å². The molecule has 1 atom stereocenters. The second kappa shape index (κ2) is 15.5. The molecule has 252 valence electrons. The van der Waals surface area contributed by atoms with Crippen LogP contribution in [0, 0.1) is 48.4 Å². The van der Waals surface area contributed by atoms with Crippen molar-refractivity contribution in [1.29, 1.82) is 0 Å². The number of nitrogens with zero attached hydrogens (tertiary/aromatic N) is 3. The molecule has 0 spiro atoms. The summed E-state index contributed by atoms with van der Waals surface area (Å²) in [7, 11) is 0. The third-order valence-corrected chi connectivity index (χ3v) is 10.5. The van der Waals surface area contributed by atoms with Crippen molar-refractivity contribution in [3.8, 4) is 35.4 Å². The molecule has 2 fully saturated rings. The fourth-order valence-electron chi connectivity index (χ4n) is 7.50. The summed E-state index contributed by atoms with van der Waals surface area (Å²) in [4.78, 5) is 26.5. The first kappa shape index (κ1) is 35.4. The highest BCUT2D eigenvalue weighted by Crippen LogP contribution is 2.52. The van der Waals surface area contributed by atoms with Crippen molar-refractivity contribution in [3.63, 3.8) is 0 Å². The molecule has 0 radical (unpaired) electrons. The van der Waals surface area contributed by atoms with Gasteiger partial charge in [0, 0.05) is 41.1 Å². The maximum absolute atomic E-state index is 14.9. The Morgan fingerprint density at radius 1 is 1.19 bits per heavy atom. The lowest BCUT2D eigenvalue weighted by molar-refractivity contribution is -0.124. The van der Waals surface area contributed by atoms with Crippen LogP contribution < -0.4 is 4.90 Å². The van der Waals surface area contributed by atoms with Crippen molar-refractivity contribution in [3.05, 3.63) is 59.8 Å². The number of pyridine rings is 1. The molecular weight excluding hydrogens is 590 g/mol. The van der Waals surface area contributed by atoms with Crippen LogP contribution in [-0.4, -0.2) is 36.4 Å². The largest absolute Gasteiger partial charge is 0.380 e. The lowest BCUT2D eigenvalue weighted by Gasteiger charge is -2.40. The lowest BCUT2D eigenvalue weighted by atomic mass is 9.73. The van der Waals surface area contributed by atoms with Gasteiger partial charge in [0.25, 0.3) is 0 Å². The second-order valence-corrected chi connectivity index (χ2v) is 14.8. The smallest absolute Gasteiger partial charge is 0.237 e. The Hall–Kier alpha value is -3.93. The van der Waals surface area contributed by atoms with Crippen LogP contribution in [0.25, 0.3) is 17.3 Å². The average Bonchev–Trinajstić information content (AvgIpc) is 3.26. The van der Waals surface area contributed by atoms with Gasteiger partial charge in [-0.15, -0.1) is 12.3 Å². The zero-order chi connectivity index (χ0) is 34.3. The van der Waals surface area contributed by atoms with E-state index in [0.29, 0.717) is 11.8 Å². The molecule has 3 aliphatic rings. The van der Waals surface area contributed by atoms with E-state index < -0.39 is 5.41 Å². The van der Waals surface area contributed by atoms with Gasteiger partial charge in [0.15, 0.2) is 0 Å². The molecule has 5 nitrogen and oxygen atoms in total. The van der Waals surface area contributed by atoms with Gasteiger partial charge in [0.1, 0.15) is 0 Å². The van der Waals surface area contributed by atoms with Crippen LogP contribution in [0.5, 0.6) is 0 Å². The van der Waals surface area contributed by atoms with Gasteiger partial charge < -0.3 is 9.64 Å². The molecule has 1 amide bonds. The molecular formula is C43H53N3O2. The number of fused-ring (bicyclic) bond motifs is 1. The Bertz CT molecular complexity index is 1650. The van der Waals surface area contributed by atoms with Crippen molar-refractivity contribution in [1.82, 2.24) is 4.98 Å². The maximum atomic E-state index is 14.9. The van der Waals surface area contributed by atoms with E-state index in [1.165, 1.54) is 19.1 Å². The van der Waals surface area contributed by atoms with Gasteiger partial charge in [0.05, 0.1) is 41.9 Å². The van der Waals surface area contributed by atoms with Crippen LogP contribution in [0.3, 0.4) is 0 Å². The zero-order valence-electron chi connectivity index (χ0n) is 29.8. The Kier molecular flexibility index (Phi) is 11.4. The number of hydrogen-bond acceptors (Lipinski definition) is 4. The van der Waals surface area contributed by atoms with Crippen LogP contribution in [0.1, 0.15) is 109 Å². The molecule has 2 aliphatic heterocycles. The van der Waals surface area contributed by atoms with Crippen LogP contribution in [0.4, 0.5) is 11.4 Å². The SMILES string of the molecule is C#CC=Nc1cc(-c2ccc3c(c2)N(C2CC(C#CCC(C)(C)CCC)C2)C(=O)C3(CC/C=C/C2COC2)CCCC)nc(C=C)c1C. The molecule has 0 bridgehead atoms. The number of amides is 1. The van der Waals surface area contributed by atoms with Crippen LogP contribution in [0.2, 0.25) is 0 Å². The summed E-state index contributed by atoms with van der Waals surface area (Å²) in [6.07, 6.45) is 22.9. The summed E-state index contributed by atoms with van der Waals surface area (Å²) in [5, 5.41) is 0. The third kappa shape index (κ3) is 7.53. The standard InChI is InChI=1S/C43H53N3O2/c1-8-12-22-43(23-14-13-16-33-29-48-30-33)36-19-18-34(39-28-38(44-24-10-3)31(5)37(11-4)45-39)27-40(36)46(41(43)47)35-25-32(26-35)17-15-21-42(6,7)20-9-2/h3,11,13,16,18-19,24,27-28,32-33,35H,4,8-9,12,14,20-23,25-26,29-30H2,1-2,5-7H3/b16-13+,44-24?. The van der Waals surface area contributed by atoms with E-state index in [0.717, 1.165) is 104 Å². The minimum Gasteiger partial charge on any atom is -0.380 e. The second-order valence-electron chi connectivity index (χ2n) is 14.8. The Balaban J connectivity index is 1.51. The number of unbranched alkanes of at least 4 members (excludes halogenated alkanes) is 1. The van der Waals surface area contributed by atoms with Crippen LogP contribution in [0.15, 0.2) is 48.0 Å². The highest BCUT2D eigenvalue weighted by atomic mass is 16.5. The van der Waals surface area contributed by atoms with E-state index in [-0.39, 0.29) is 17.4 Å². The van der Waals surface area contributed by atoms with Crippen molar-refractivity contribution in [2.45, 2.75) is 110 Å². The fourth-order valence-corrected chi connectivity index (χ4v) is 7.50. The first-order chi connectivity index (χ1) is 23.2. The number of carbonyl (C=O) groups is 1. The molecule has 3 heterocycles. The monoisotopic (exact) mass is 643 g/mol. The number of carbonyl (C=O) groups excluding carboxylic acids is 1. The molecule has 1 aromatic carbocycles. The number of rotatable bonds is 14. The Morgan fingerprint density at radius 2 is 1.98 bits per heavy atom. The number of terminal acetylenes is 1. The number of ether oxygens (including phenoxy) is 1. The fraction of sp³-hybridized carbons (Fsp3) is 0.512. The number of aliphatic imine (C=N–C) groups is 1. The van der Waals surface area contributed by atoms with E-state index in [2.05, 4.69) is 92.3 Å². The topological polar surface area (TPSA) is 54.8 Å². The quantitative estimate of drug-likeness (QED) is 0.117. The molecule has 1 saturated carbocycles. The van der Waals surface area contributed by atoms with E-state index in [1.54, 1.807) is 6.08 Å². The first-order valence-corrected chi connectivity index (χ1v) is 18.0. The van der Waals surface area contributed by atoms with E-state index >= 15 is 0 Å². The highest BCUT2D eigenvalue weighted by Gasteiger charge is 2.53. The Labute approximate surface area is 289 Å².